The lowest BCUT2D eigenvalue weighted by Gasteiger charge is -2.27. The number of carbonyl (C=O) groups excluding carboxylic acids is 1. The van der Waals surface area contributed by atoms with Gasteiger partial charge in [-0.1, -0.05) is 38.1 Å². The van der Waals surface area contributed by atoms with E-state index in [1.54, 1.807) is 0 Å². The molecular weight excluding hydrogens is 460 g/mol. The minimum absolute atomic E-state index is 0.198. The summed E-state index contributed by atoms with van der Waals surface area (Å²) in [6.45, 7) is 18.0. The number of carbonyl (C=O) groups is 1. The molecule has 2 fully saturated rings. The maximum atomic E-state index is 12.2. The van der Waals surface area contributed by atoms with Gasteiger partial charge in [0.1, 0.15) is 5.60 Å². The fourth-order valence-corrected chi connectivity index (χ4v) is 4.67. The van der Waals surface area contributed by atoms with E-state index in [2.05, 4.69) is 77.5 Å². The van der Waals surface area contributed by atoms with Gasteiger partial charge < -0.3 is 24.8 Å². The summed E-state index contributed by atoms with van der Waals surface area (Å²) in [6, 6.07) is 17.7. The van der Waals surface area contributed by atoms with Crippen molar-refractivity contribution in [2.24, 2.45) is 0 Å². The van der Waals surface area contributed by atoms with E-state index in [1.165, 1.54) is 35.5 Å². The zero-order chi connectivity index (χ0) is 26.7. The van der Waals surface area contributed by atoms with Crippen molar-refractivity contribution in [2.75, 3.05) is 62.2 Å². The van der Waals surface area contributed by atoms with Gasteiger partial charge in [0.2, 0.25) is 0 Å². The number of amides is 1. The lowest BCUT2D eigenvalue weighted by Crippen LogP contribution is -2.39. The van der Waals surface area contributed by atoms with Crippen molar-refractivity contribution in [3.8, 4) is 0 Å². The molecule has 0 bridgehead atoms. The monoisotopic (exact) mass is 508 g/mol. The number of aryl methyl sites for hydroxylation is 2. The molecule has 6 heteroatoms. The van der Waals surface area contributed by atoms with Crippen molar-refractivity contribution in [3.05, 3.63) is 59.7 Å². The Morgan fingerprint density at radius 3 is 1.81 bits per heavy atom. The zero-order valence-electron chi connectivity index (χ0n) is 23.8. The largest absolute Gasteiger partial charge is 0.444 e. The first-order valence-corrected chi connectivity index (χ1v) is 14.2. The number of benzene rings is 2. The van der Waals surface area contributed by atoms with Crippen LogP contribution in [-0.4, -0.2) is 69.0 Å². The Balaban J connectivity index is 0.000000220. The molecule has 0 aliphatic carbocycles. The summed E-state index contributed by atoms with van der Waals surface area (Å²) in [6.07, 6.45) is 4.20. The Morgan fingerprint density at radius 2 is 1.27 bits per heavy atom. The predicted molar refractivity (Wildman–Crippen MR) is 156 cm³/mol. The van der Waals surface area contributed by atoms with E-state index in [0.717, 1.165) is 58.5 Å². The summed E-state index contributed by atoms with van der Waals surface area (Å²) >= 11 is 0. The summed E-state index contributed by atoms with van der Waals surface area (Å²) in [5, 5.41) is 3.43. The summed E-state index contributed by atoms with van der Waals surface area (Å²) in [4.78, 5) is 18.8. The third kappa shape index (κ3) is 9.58. The van der Waals surface area contributed by atoms with Gasteiger partial charge in [-0.25, -0.2) is 4.79 Å². The van der Waals surface area contributed by atoms with Crippen LogP contribution in [0.3, 0.4) is 0 Å². The zero-order valence-corrected chi connectivity index (χ0v) is 23.8. The summed E-state index contributed by atoms with van der Waals surface area (Å²) in [5.74, 6) is 0. The van der Waals surface area contributed by atoms with Crippen molar-refractivity contribution in [2.45, 2.75) is 65.9 Å². The highest BCUT2D eigenvalue weighted by Crippen LogP contribution is 2.19. The van der Waals surface area contributed by atoms with E-state index in [-0.39, 0.29) is 6.09 Å². The molecule has 204 valence electrons. The highest BCUT2D eigenvalue weighted by molar-refractivity contribution is 5.68. The molecule has 2 aromatic rings. The molecule has 0 unspecified atom stereocenters. The summed E-state index contributed by atoms with van der Waals surface area (Å²) < 4.78 is 5.47. The summed E-state index contributed by atoms with van der Waals surface area (Å²) in [7, 11) is 0. The topological polar surface area (TPSA) is 48.1 Å². The van der Waals surface area contributed by atoms with Crippen LogP contribution in [0.5, 0.6) is 0 Å². The Morgan fingerprint density at radius 1 is 0.730 bits per heavy atom. The molecule has 0 spiro atoms. The van der Waals surface area contributed by atoms with Crippen LogP contribution in [0.25, 0.3) is 0 Å². The first-order chi connectivity index (χ1) is 17.8. The van der Waals surface area contributed by atoms with Gasteiger partial charge in [0.15, 0.2) is 0 Å². The summed E-state index contributed by atoms with van der Waals surface area (Å²) in [5.41, 5.74) is 4.96. The molecule has 0 saturated carbocycles. The molecule has 0 aromatic heterocycles. The normalized spacial score (nSPS) is 16.8. The second-order valence-corrected chi connectivity index (χ2v) is 10.9. The van der Waals surface area contributed by atoms with Crippen LogP contribution in [0.4, 0.5) is 16.2 Å². The van der Waals surface area contributed by atoms with Crippen LogP contribution in [-0.2, 0) is 17.6 Å². The molecule has 0 radical (unpaired) electrons. The van der Waals surface area contributed by atoms with Gasteiger partial charge in [-0.3, -0.25) is 0 Å². The van der Waals surface area contributed by atoms with Crippen molar-refractivity contribution in [3.63, 3.8) is 0 Å². The third-order valence-electron chi connectivity index (χ3n) is 6.91. The molecule has 1 amide bonds. The number of hydrogen-bond acceptors (Lipinski definition) is 5. The number of hydrogen-bond donors (Lipinski definition) is 1. The number of ether oxygens (including phenoxy) is 1. The molecule has 4 rings (SSSR count). The quantitative estimate of drug-likeness (QED) is 0.570. The number of rotatable bonds is 4. The average Bonchev–Trinajstić information content (AvgIpc) is 3.32. The van der Waals surface area contributed by atoms with Gasteiger partial charge in [0.05, 0.1) is 0 Å². The highest BCUT2D eigenvalue weighted by atomic mass is 16.6. The second kappa shape index (κ2) is 14.3. The lowest BCUT2D eigenvalue weighted by molar-refractivity contribution is 0.0263. The van der Waals surface area contributed by atoms with Gasteiger partial charge in [-0.2, -0.15) is 0 Å². The van der Waals surface area contributed by atoms with E-state index in [1.807, 2.05) is 25.7 Å². The first-order valence-electron chi connectivity index (χ1n) is 14.2. The Labute approximate surface area is 225 Å². The van der Waals surface area contributed by atoms with Crippen LogP contribution >= 0.6 is 0 Å². The molecule has 2 aliphatic heterocycles. The van der Waals surface area contributed by atoms with E-state index in [9.17, 15) is 4.79 Å². The van der Waals surface area contributed by atoms with Gasteiger partial charge in [-0.15, -0.1) is 0 Å². The van der Waals surface area contributed by atoms with Crippen molar-refractivity contribution in [1.82, 2.24) is 10.2 Å². The fraction of sp³-hybridized carbons (Fsp3) is 0.581. The molecular formula is C31H48N4O2. The van der Waals surface area contributed by atoms with Gasteiger partial charge in [0.25, 0.3) is 0 Å². The molecule has 2 saturated heterocycles. The maximum absolute atomic E-state index is 12.2. The first kappa shape index (κ1) is 28.8. The molecule has 6 nitrogen and oxygen atoms in total. The number of anilines is 2. The Kier molecular flexibility index (Phi) is 11.1. The van der Waals surface area contributed by atoms with Crippen LogP contribution in [0.15, 0.2) is 48.5 Å². The maximum Gasteiger partial charge on any atom is 0.410 e. The molecule has 2 heterocycles. The number of nitrogens with one attached hydrogen (secondary N) is 1. The van der Waals surface area contributed by atoms with Gasteiger partial charge >= 0.3 is 6.09 Å². The highest BCUT2D eigenvalue weighted by Gasteiger charge is 2.24. The standard InChI is InChI=1S/C18H28N2O2.C13H20N2/c1-5-15-7-9-16(10-8-15)19-11-6-12-20(14-13-19)17(21)22-18(2,3)4;1-2-12-4-6-13(7-5-12)15-10-3-8-14-9-11-15/h7-10H,5-6,11-14H2,1-4H3;4-7,14H,2-3,8-11H2,1H3. The van der Waals surface area contributed by atoms with E-state index in [4.69, 9.17) is 4.74 Å². The van der Waals surface area contributed by atoms with Crippen LogP contribution < -0.4 is 15.1 Å². The van der Waals surface area contributed by atoms with Crippen molar-refractivity contribution in [1.29, 1.82) is 0 Å². The van der Waals surface area contributed by atoms with Crippen molar-refractivity contribution >= 4 is 17.5 Å². The Hall–Kier alpha value is -2.73. The Bertz CT molecular complexity index is 929. The predicted octanol–water partition coefficient (Wildman–Crippen LogP) is 5.74. The lowest BCUT2D eigenvalue weighted by atomic mass is 10.1. The molecule has 1 N–H and O–H groups in total. The van der Waals surface area contributed by atoms with E-state index >= 15 is 0 Å². The van der Waals surface area contributed by atoms with Crippen LogP contribution in [0.1, 0.15) is 58.6 Å². The van der Waals surface area contributed by atoms with E-state index in [0.29, 0.717) is 6.54 Å². The van der Waals surface area contributed by atoms with Crippen LogP contribution in [0.2, 0.25) is 0 Å². The molecule has 2 aliphatic rings. The van der Waals surface area contributed by atoms with Gasteiger partial charge in [-0.05, 0) is 88.4 Å². The van der Waals surface area contributed by atoms with Crippen molar-refractivity contribution < 1.29 is 9.53 Å². The minimum atomic E-state index is -0.431. The molecule has 0 atom stereocenters. The molecule has 2 aromatic carbocycles. The average molecular weight is 509 g/mol. The SMILES string of the molecule is CCc1ccc(N2CCCN(C(=O)OC(C)(C)C)CC2)cc1.CCc1ccc(N2CCCNCC2)cc1. The van der Waals surface area contributed by atoms with E-state index < -0.39 is 5.60 Å². The third-order valence-corrected chi connectivity index (χ3v) is 6.91. The number of nitrogens with zero attached hydrogens (tertiary/aromatic N) is 3. The smallest absolute Gasteiger partial charge is 0.410 e. The molecule has 37 heavy (non-hydrogen) atoms. The fourth-order valence-electron chi connectivity index (χ4n) is 4.67. The van der Waals surface area contributed by atoms with Gasteiger partial charge in [0, 0.05) is 57.2 Å². The van der Waals surface area contributed by atoms with Crippen LogP contribution in [0, 0.1) is 0 Å². The minimum Gasteiger partial charge on any atom is -0.444 e. The second-order valence-electron chi connectivity index (χ2n) is 10.9.